The molecule has 102 valence electrons. The van der Waals surface area contributed by atoms with Crippen molar-refractivity contribution in [2.24, 2.45) is 17.8 Å². The average Bonchev–Trinajstić information content (AvgIpc) is 2.68. The molecule has 0 heterocycles. The molecule has 0 aliphatic heterocycles. The summed E-state index contributed by atoms with van der Waals surface area (Å²) >= 11 is -1.34. The molecule has 18 heavy (non-hydrogen) atoms. The molecule has 0 amide bonds. The van der Waals surface area contributed by atoms with Gasteiger partial charge in [-0.3, -0.25) is 0 Å². The Morgan fingerprint density at radius 1 is 1.39 bits per heavy atom. The summed E-state index contributed by atoms with van der Waals surface area (Å²) in [5, 5.41) is 9.10. The predicted octanol–water partition coefficient (Wildman–Crippen LogP) is 2.22. The number of fused-ring (bicyclic) bond motifs is 1. The molecular weight excluding hydrogens is 258 g/mol. The maximum atomic E-state index is 13.1. The van der Waals surface area contributed by atoms with Crippen LogP contribution in [-0.4, -0.2) is 21.3 Å². The largest absolute Gasteiger partial charge is 0.598 e. The molecule has 0 aromatic heterocycles. The Labute approximate surface area is 109 Å². The molecule has 0 aromatic rings. The summed E-state index contributed by atoms with van der Waals surface area (Å²) in [5.41, 5.74) is 0. The highest BCUT2D eigenvalue weighted by atomic mass is 32.2. The van der Waals surface area contributed by atoms with Gasteiger partial charge < -0.3 is 4.55 Å². The highest BCUT2D eigenvalue weighted by Gasteiger charge is 2.72. The second-order valence-corrected chi connectivity index (χ2v) is 8.22. The van der Waals surface area contributed by atoms with E-state index in [0.717, 1.165) is 0 Å². The zero-order valence-corrected chi connectivity index (χ0v) is 11.6. The van der Waals surface area contributed by atoms with Gasteiger partial charge in [0.15, 0.2) is 0 Å². The number of hydrogen-bond donors (Lipinski definition) is 1. The third kappa shape index (κ3) is 2.36. The van der Waals surface area contributed by atoms with Gasteiger partial charge in [0.1, 0.15) is 10.8 Å². The van der Waals surface area contributed by atoms with Crippen molar-refractivity contribution < 1.29 is 13.3 Å². The van der Waals surface area contributed by atoms with Gasteiger partial charge in [-0.05, 0) is 39.5 Å². The SMILES string of the molecule is CC(C)(C)[S+]([O-])N[C@H](C#N)[C@@H]1C[C@@H]2[C@H](C1)C2(F)F. The van der Waals surface area contributed by atoms with Crippen LogP contribution in [0.4, 0.5) is 8.78 Å². The summed E-state index contributed by atoms with van der Waals surface area (Å²) in [6, 6.07) is 1.48. The van der Waals surface area contributed by atoms with Crippen LogP contribution in [0.3, 0.4) is 0 Å². The monoisotopic (exact) mass is 276 g/mol. The van der Waals surface area contributed by atoms with Gasteiger partial charge in [0.25, 0.3) is 5.92 Å². The summed E-state index contributed by atoms with van der Waals surface area (Å²) in [7, 11) is 0. The van der Waals surface area contributed by atoms with Crippen molar-refractivity contribution in [2.75, 3.05) is 0 Å². The van der Waals surface area contributed by atoms with E-state index in [4.69, 9.17) is 5.26 Å². The van der Waals surface area contributed by atoms with Crippen molar-refractivity contribution in [3.8, 4) is 6.07 Å². The quantitative estimate of drug-likeness (QED) is 0.804. The molecule has 2 aliphatic carbocycles. The summed E-state index contributed by atoms with van der Waals surface area (Å²) in [4.78, 5) is 0. The molecule has 0 saturated heterocycles. The summed E-state index contributed by atoms with van der Waals surface area (Å²) in [6.07, 6.45) is 0.731. The van der Waals surface area contributed by atoms with Gasteiger partial charge in [0.2, 0.25) is 0 Å². The number of hydrogen-bond acceptors (Lipinski definition) is 3. The van der Waals surface area contributed by atoms with Gasteiger partial charge in [0.05, 0.1) is 6.07 Å². The number of nitriles is 1. The van der Waals surface area contributed by atoms with Crippen molar-refractivity contribution in [1.82, 2.24) is 4.72 Å². The standard InChI is InChI=1S/C12H18F2N2OS/c1-11(2,3)18(17)16-10(6-15)7-4-8-9(5-7)12(8,13)14/h7-10,16H,4-5H2,1-3H3/t7-,8-,9+,10-,18?/m1/s1. The fourth-order valence-electron chi connectivity index (χ4n) is 2.64. The van der Waals surface area contributed by atoms with Crippen LogP contribution < -0.4 is 4.72 Å². The third-order valence-corrected chi connectivity index (χ3v) is 5.46. The van der Waals surface area contributed by atoms with Gasteiger partial charge in [-0.1, -0.05) is 0 Å². The predicted molar refractivity (Wildman–Crippen MR) is 65.1 cm³/mol. The summed E-state index contributed by atoms with van der Waals surface area (Å²) in [5.74, 6) is -3.72. The Morgan fingerprint density at radius 3 is 2.28 bits per heavy atom. The van der Waals surface area contributed by atoms with Crippen LogP contribution in [0.25, 0.3) is 0 Å². The van der Waals surface area contributed by atoms with Crippen molar-refractivity contribution in [3.63, 3.8) is 0 Å². The molecule has 0 aromatic carbocycles. The molecular formula is C12H18F2N2OS. The first-order chi connectivity index (χ1) is 8.17. The van der Waals surface area contributed by atoms with E-state index in [0.29, 0.717) is 12.8 Å². The van der Waals surface area contributed by atoms with E-state index in [1.54, 1.807) is 0 Å². The molecule has 2 fully saturated rings. The van der Waals surface area contributed by atoms with Gasteiger partial charge in [-0.25, -0.2) is 8.78 Å². The minimum Gasteiger partial charge on any atom is -0.598 e. The van der Waals surface area contributed by atoms with Crippen LogP contribution in [0.15, 0.2) is 0 Å². The second-order valence-electron chi connectivity index (χ2n) is 6.22. The Kier molecular flexibility index (Phi) is 3.37. The Bertz CT molecular complexity index is 363. The lowest BCUT2D eigenvalue weighted by atomic mass is 9.95. The van der Waals surface area contributed by atoms with Crippen LogP contribution >= 0.6 is 0 Å². The van der Waals surface area contributed by atoms with Crippen LogP contribution in [0.2, 0.25) is 0 Å². The van der Waals surface area contributed by atoms with Crippen LogP contribution in [-0.2, 0) is 11.4 Å². The minimum atomic E-state index is -2.51. The lowest BCUT2D eigenvalue weighted by Crippen LogP contribution is -2.47. The first-order valence-electron chi connectivity index (χ1n) is 6.13. The maximum Gasteiger partial charge on any atom is 0.254 e. The number of halogens is 2. The summed E-state index contributed by atoms with van der Waals surface area (Å²) in [6.45, 7) is 5.43. The van der Waals surface area contributed by atoms with Gasteiger partial charge >= 0.3 is 0 Å². The first-order valence-corrected chi connectivity index (χ1v) is 7.28. The molecule has 2 rings (SSSR count). The van der Waals surface area contributed by atoms with Crippen molar-refractivity contribution in [3.05, 3.63) is 0 Å². The van der Waals surface area contributed by atoms with E-state index in [9.17, 15) is 13.3 Å². The topological polar surface area (TPSA) is 58.9 Å². The molecule has 2 aliphatic rings. The molecule has 6 heteroatoms. The number of nitrogens with zero attached hydrogens (tertiary/aromatic N) is 1. The van der Waals surface area contributed by atoms with E-state index in [-0.39, 0.29) is 5.92 Å². The molecule has 0 bridgehead atoms. The zero-order chi connectivity index (χ0) is 13.7. The van der Waals surface area contributed by atoms with E-state index in [1.807, 2.05) is 20.8 Å². The Morgan fingerprint density at radius 2 is 1.89 bits per heavy atom. The average molecular weight is 276 g/mol. The molecule has 5 atom stereocenters. The van der Waals surface area contributed by atoms with Crippen LogP contribution in [0, 0.1) is 29.1 Å². The molecule has 0 radical (unpaired) electrons. The normalized spacial score (nSPS) is 36.6. The van der Waals surface area contributed by atoms with Gasteiger partial charge in [-0.2, -0.15) is 5.26 Å². The second kappa shape index (κ2) is 4.32. The first kappa shape index (κ1) is 14.0. The number of rotatable bonds is 3. The fourth-order valence-corrected chi connectivity index (χ4v) is 3.47. The number of nitrogens with one attached hydrogen (secondary N) is 1. The smallest absolute Gasteiger partial charge is 0.254 e. The lowest BCUT2D eigenvalue weighted by Gasteiger charge is -2.28. The van der Waals surface area contributed by atoms with E-state index >= 15 is 0 Å². The zero-order valence-electron chi connectivity index (χ0n) is 10.7. The summed E-state index contributed by atoms with van der Waals surface area (Å²) < 4.78 is 40.4. The molecule has 1 unspecified atom stereocenters. The van der Waals surface area contributed by atoms with Crippen molar-refractivity contribution in [1.29, 1.82) is 5.26 Å². The highest BCUT2D eigenvalue weighted by Crippen LogP contribution is 2.66. The fraction of sp³-hybridized carbons (Fsp3) is 0.917. The lowest BCUT2D eigenvalue weighted by molar-refractivity contribution is 0.0624. The molecule has 3 nitrogen and oxygen atoms in total. The molecule has 0 spiro atoms. The molecule has 2 saturated carbocycles. The van der Waals surface area contributed by atoms with Crippen LogP contribution in [0.5, 0.6) is 0 Å². The Hall–Kier alpha value is -0.380. The van der Waals surface area contributed by atoms with E-state index in [2.05, 4.69) is 10.8 Å². The van der Waals surface area contributed by atoms with Crippen molar-refractivity contribution in [2.45, 2.75) is 50.3 Å². The van der Waals surface area contributed by atoms with Gasteiger partial charge in [0, 0.05) is 23.2 Å². The third-order valence-electron chi connectivity index (χ3n) is 3.88. The maximum absolute atomic E-state index is 13.1. The van der Waals surface area contributed by atoms with Crippen LogP contribution in [0.1, 0.15) is 33.6 Å². The highest BCUT2D eigenvalue weighted by molar-refractivity contribution is 7.90. The van der Waals surface area contributed by atoms with Gasteiger partial charge in [-0.15, -0.1) is 4.72 Å². The van der Waals surface area contributed by atoms with E-state index in [1.165, 1.54) is 0 Å². The minimum absolute atomic E-state index is 0.101. The molecule has 1 N–H and O–H groups in total. The van der Waals surface area contributed by atoms with Crippen molar-refractivity contribution >= 4 is 11.4 Å². The Balaban J connectivity index is 1.91. The number of alkyl halides is 2. The van der Waals surface area contributed by atoms with E-state index < -0.39 is 39.9 Å².